The Morgan fingerprint density at radius 1 is 0.833 bits per heavy atom. The fourth-order valence-electron chi connectivity index (χ4n) is 3.11. The second kappa shape index (κ2) is 10.6. The Kier molecular flexibility index (Phi) is 7.63. The molecule has 0 aliphatic heterocycles. The zero-order valence-electron chi connectivity index (χ0n) is 17.8. The third-order valence-corrected chi connectivity index (χ3v) is 4.72. The Morgan fingerprint density at radius 3 is 1.83 bits per heavy atom. The van der Waals surface area contributed by atoms with Gasteiger partial charge in [0.15, 0.2) is 0 Å². The lowest BCUT2D eigenvalue weighted by molar-refractivity contribution is 0.271. The lowest BCUT2D eigenvalue weighted by Crippen LogP contribution is -2.23. The van der Waals surface area contributed by atoms with Crippen molar-refractivity contribution in [3.63, 3.8) is 0 Å². The molecule has 0 bridgehead atoms. The molecule has 30 heavy (non-hydrogen) atoms. The van der Waals surface area contributed by atoms with E-state index in [9.17, 15) is 5.11 Å². The minimum absolute atomic E-state index is 0.0389. The van der Waals surface area contributed by atoms with Crippen molar-refractivity contribution in [2.45, 2.75) is 33.2 Å². The van der Waals surface area contributed by atoms with Gasteiger partial charge in [-0.15, -0.1) is 0 Å². The first-order valence-corrected chi connectivity index (χ1v) is 10.4. The number of hydrogen-bond acceptors (Lipinski definition) is 6. The van der Waals surface area contributed by atoms with Gasteiger partial charge < -0.3 is 19.9 Å². The summed E-state index contributed by atoms with van der Waals surface area (Å²) in [6.07, 6.45) is 2.50. The Balaban J connectivity index is 2.02. The van der Waals surface area contributed by atoms with Crippen LogP contribution in [0.1, 0.15) is 27.2 Å². The number of aliphatic hydroxyl groups excluding tert-OH is 1. The number of nitrogens with one attached hydrogen (secondary N) is 1. The normalized spacial score (nSPS) is 11.7. The van der Waals surface area contributed by atoms with Gasteiger partial charge in [-0.05, 0) is 68.8 Å². The Labute approximate surface area is 177 Å². The number of benzene rings is 2. The van der Waals surface area contributed by atoms with Gasteiger partial charge >= 0.3 is 0 Å². The second-order valence-corrected chi connectivity index (χ2v) is 6.80. The molecule has 158 valence electrons. The van der Waals surface area contributed by atoms with Gasteiger partial charge in [-0.1, -0.05) is 6.92 Å². The van der Waals surface area contributed by atoms with Gasteiger partial charge in [0.1, 0.15) is 17.3 Å². The van der Waals surface area contributed by atoms with Crippen LogP contribution in [-0.4, -0.2) is 40.9 Å². The molecule has 1 atom stereocenters. The minimum atomic E-state index is -0.0659. The molecular weight excluding hydrogens is 378 g/mol. The molecule has 1 heterocycles. The van der Waals surface area contributed by atoms with Crippen molar-refractivity contribution in [2.24, 2.45) is 0 Å². The zero-order chi connectivity index (χ0) is 21.3. The second-order valence-electron chi connectivity index (χ2n) is 6.80. The first kappa shape index (κ1) is 21.6. The van der Waals surface area contributed by atoms with Crippen LogP contribution in [0.15, 0.2) is 54.7 Å². The molecule has 2 aromatic carbocycles. The van der Waals surface area contributed by atoms with E-state index in [0.717, 1.165) is 40.4 Å². The largest absolute Gasteiger partial charge is 0.494 e. The van der Waals surface area contributed by atoms with Crippen LogP contribution in [0.4, 0.5) is 5.82 Å². The van der Waals surface area contributed by atoms with Crippen LogP contribution in [0.2, 0.25) is 0 Å². The molecular formula is C24H29N3O3. The molecule has 0 radical (unpaired) electrons. The summed E-state index contributed by atoms with van der Waals surface area (Å²) < 4.78 is 11.1. The number of ether oxygens (including phenoxy) is 2. The van der Waals surface area contributed by atoms with Gasteiger partial charge in [0.2, 0.25) is 0 Å². The fraction of sp³-hybridized carbons (Fsp3) is 0.333. The maximum atomic E-state index is 9.52. The average Bonchev–Trinajstić information content (AvgIpc) is 2.79. The monoisotopic (exact) mass is 407 g/mol. The molecule has 6 nitrogen and oxygen atoms in total. The van der Waals surface area contributed by atoms with Gasteiger partial charge in [0, 0.05) is 11.1 Å². The molecule has 0 amide bonds. The highest BCUT2D eigenvalue weighted by molar-refractivity contribution is 5.79. The molecule has 0 spiro atoms. The van der Waals surface area contributed by atoms with Crippen molar-refractivity contribution in [2.75, 3.05) is 25.1 Å². The van der Waals surface area contributed by atoms with E-state index >= 15 is 0 Å². The van der Waals surface area contributed by atoms with E-state index in [2.05, 4.69) is 5.32 Å². The third kappa shape index (κ3) is 5.27. The van der Waals surface area contributed by atoms with Crippen molar-refractivity contribution < 1.29 is 14.6 Å². The minimum Gasteiger partial charge on any atom is -0.494 e. The zero-order valence-corrected chi connectivity index (χ0v) is 17.8. The van der Waals surface area contributed by atoms with E-state index in [-0.39, 0.29) is 12.6 Å². The van der Waals surface area contributed by atoms with Gasteiger partial charge in [-0.3, -0.25) is 4.98 Å². The lowest BCUT2D eigenvalue weighted by atomic mass is 10.0. The first-order chi connectivity index (χ1) is 14.7. The summed E-state index contributed by atoms with van der Waals surface area (Å²) in [4.78, 5) is 9.54. The van der Waals surface area contributed by atoms with Crippen molar-refractivity contribution in [3.05, 3.63) is 54.7 Å². The number of aromatic nitrogens is 2. The number of hydrogen-bond donors (Lipinski definition) is 2. The highest BCUT2D eigenvalue weighted by atomic mass is 16.5. The summed E-state index contributed by atoms with van der Waals surface area (Å²) in [5.41, 5.74) is 3.44. The SMILES string of the molecule is CCOc1ccc(-c2ncc(NC(CC)CO)nc2-c2ccc(OCC)cc2)cc1. The average molecular weight is 408 g/mol. The van der Waals surface area contributed by atoms with Crippen molar-refractivity contribution in [3.8, 4) is 34.0 Å². The topological polar surface area (TPSA) is 76.5 Å². The van der Waals surface area contributed by atoms with Crippen LogP contribution < -0.4 is 14.8 Å². The van der Waals surface area contributed by atoms with Gasteiger partial charge in [0.05, 0.1) is 43.4 Å². The van der Waals surface area contributed by atoms with E-state index in [1.807, 2.05) is 69.3 Å². The number of aliphatic hydroxyl groups is 1. The molecule has 1 unspecified atom stereocenters. The standard InChI is InChI=1S/C24H29N3O3/c1-4-19(16-28)26-22-15-25-23(17-7-11-20(12-8-17)29-5-2)24(27-22)18-9-13-21(14-10-18)30-6-3/h7-15,19,28H,4-6,16H2,1-3H3,(H,26,27). The number of rotatable bonds is 10. The molecule has 0 aliphatic rings. The van der Waals surface area contributed by atoms with Gasteiger partial charge in [-0.25, -0.2) is 4.98 Å². The van der Waals surface area contributed by atoms with E-state index in [4.69, 9.17) is 19.4 Å². The lowest BCUT2D eigenvalue weighted by Gasteiger charge is -2.17. The Bertz CT molecular complexity index is 923. The Morgan fingerprint density at radius 2 is 1.37 bits per heavy atom. The van der Waals surface area contributed by atoms with Crippen LogP contribution in [0.25, 0.3) is 22.5 Å². The number of anilines is 1. The predicted molar refractivity (Wildman–Crippen MR) is 120 cm³/mol. The van der Waals surface area contributed by atoms with Crippen LogP contribution in [0.3, 0.4) is 0 Å². The maximum Gasteiger partial charge on any atom is 0.145 e. The molecule has 3 rings (SSSR count). The quantitative estimate of drug-likeness (QED) is 0.503. The maximum absolute atomic E-state index is 9.52. The summed E-state index contributed by atoms with van der Waals surface area (Å²) in [6.45, 7) is 7.23. The van der Waals surface area contributed by atoms with Crippen LogP contribution in [0.5, 0.6) is 11.5 Å². The summed E-state index contributed by atoms with van der Waals surface area (Å²) in [5, 5.41) is 12.8. The van der Waals surface area contributed by atoms with Crippen LogP contribution in [-0.2, 0) is 0 Å². The molecule has 0 saturated carbocycles. The predicted octanol–water partition coefficient (Wildman–Crippen LogP) is 4.79. The van der Waals surface area contributed by atoms with Crippen molar-refractivity contribution >= 4 is 5.82 Å². The molecule has 0 aliphatic carbocycles. The highest BCUT2D eigenvalue weighted by Crippen LogP contribution is 2.32. The van der Waals surface area contributed by atoms with E-state index in [1.165, 1.54) is 0 Å². The van der Waals surface area contributed by atoms with E-state index in [0.29, 0.717) is 19.0 Å². The van der Waals surface area contributed by atoms with Crippen molar-refractivity contribution in [1.29, 1.82) is 0 Å². The molecule has 0 fully saturated rings. The van der Waals surface area contributed by atoms with E-state index in [1.54, 1.807) is 6.20 Å². The Hall–Kier alpha value is -3.12. The van der Waals surface area contributed by atoms with Gasteiger partial charge in [-0.2, -0.15) is 0 Å². The highest BCUT2D eigenvalue weighted by Gasteiger charge is 2.14. The first-order valence-electron chi connectivity index (χ1n) is 10.4. The molecule has 2 N–H and O–H groups in total. The van der Waals surface area contributed by atoms with Crippen LogP contribution in [0, 0.1) is 0 Å². The molecule has 3 aromatic rings. The number of nitrogens with zero attached hydrogens (tertiary/aromatic N) is 2. The van der Waals surface area contributed by atoms with Gasteiger partial charge in [0.25, 0.3) is 0 Å². The van der Waals surface area contributed by atoms with E-state index < -0.39 is 0 Å². The molecule has 1 aromatic heterocycles. The summed E-state index contributed by atoms with van der Waals surface area (Å²) in [5.74, 6) is 2.27. The van der Waals surface area contributed by atoms with Crippen molar-refractivity contribution in [1.82, 2.24) is 9.97 Å². The summed E-state index contributed by atoms with van der Waals surface area (Å²) in [6, 6.07) is 15.6. The third-order valence-electron chi connectivity index (χ3n) is 4.72. The summed E-state index contributed by atoms with van der Waals surface area (Å²) in [7, 11) is 0. The molecule has 6 heteroatoms. The summed E-state index contributed by atoms with van der Waals surface area (Å²) >= 11 is 0. The fourth-order valence-corrected chi connectivity index (χ4v) is 3.11. The smallest absolute Gasteiger partial charge is 0.145 e. The molecule has 0 saturated heterocycles. The van der Waals surface area contributed by atoms with Crippen LogP contribution >= 0.6 is 0 Å².